The number of carbonyl (C=O) groups is 1. The number of aryl methyl sites for hydroxylation is 1. The molecule has 0 saturated heterocycles. The van der Waals surface area contributed by atoms with Gasteiger partial charge in [0.25, 0.3) is 0 Å². The molecule has 0 aliphatic carbocycles. The van der Waals surface area contributed by atoms with Crippen LogP contribution in [0.25, 0.3) is 0 Å². The fraction of sp³-hybridized carbons (Fsp3) is 0.462. The summed E-state index contributed by atoms with van der Waals surface area (Å²) < 4.78 is 4.67. The molecule has 88 valence electrons. The number of ether oxygens (including phenoxy) is 1. The third kappa shape index (κ3) is 2.54. The molecule has 0 N–H and O–H groups in total. The van der Waals surface area contributed by atoms with E-state index in [-0.39, 0.29) is 6.09 Å². The normalized spacial score (nSPS) is 10.1. The van der Waals surface area contributed by atoms with Crippen LogP contribution < -0.4 is 0 Å². The van der Waals surface area contributed by atoms with Gasteiger partial charge < -0.3 is 9.64 Å². The van der Waals surface area contributed by atoms with Crippen LogP contribution in [0.5, 0.6) is 0 Å². The number of hydrogen-bond acceptors (Lipinski definition) is 2. The van der Waals surface area contributed by atoms with Crippen LogP contribution in [0.4, 0.5) is 4.79 Å². The van der Waals surface area contributed by atoms with Crippen LogP contribution in [0.15, 0.2) is 12.1 Å². The minimum atomic E-state index is -0.308. The van der Waals surface area contributed by atoms with Gasteiger partial charge in [-0.05, 0) is 43.0 Å². The van der Waals surface area contributed by atoms with E-state index in [2.05, 4.69) is 37.6 Å². The molecule has 1 rings (SSSR count). The van der Waals surface area contributed by atoms with Gasteiger partial charge in [0, 0.05) is 13.6 Å². The Morgan fingerprint density at radius 2 is 1.88 bits per heavy atom. The molecule has 0 heterocycles. The molecule has 0 aliphatic heterocycles. The number of hydrogen-bond donors (Lipinski definition) is 0. The summed E-state index contributed by atoms with van der Waals surface area (Å²) in [5.41, 5.74) is 4.98. The number of methoxy groups -OCH3 is 1. The Hall–Kier alpha value is -1.51. The Kier molecular flexibility index (Phi) is 3.93. The van der Waals surface area contributed by atoms with Gasteiger partial charge in [-0.2, -0.15) is 0 Å². The molecule has 0 unspecified atom stereocenters. The molecule has 0 bridgehead atoms. The Balaban J connectivity index is 2.90. The van der Waals surface area contributed by atoms with Crippen molar-refractivity contribution < 1.29 is 9.53 Å². The Morgan fingerprint density at radius 1 is 1.25 bits per heavy atom. The van der Waals surface area contributed by atoms with Gasteiger partial charge in [-0.15, -0.1) is 0 Å². The van der Waals surface area contributed by atoms with Crippen LogP contribution in [0.2, 0.25) is 0 Å². The third-order valence-corrected chi connectivity index (χ3v) is 3.06. The van der Waals surface area contributed by atoms with E-state index in [0.29, 0.717) is 6.54 Å². The molecule has 3 heteroatoms. The van der Waals surface area contributed by atoms with Crippen LogP contribution in [-0.4, -0.2) is 25.2 Å². The van der Waals surface area contributed by atoms with E-state index < -0.39 is 0 Å². The van der Waals surface area contributed by atoms with Gasteiger partial charge >= 0.3 is 6.09 Å². The summed E-state index contributed by atoms with van der Waals surface area (Å²) >= 11 is 0. The molecular weight excluding hydrogens is 202 g/mol. The number of nitrogens with zero attached hydrogens (tertiary/aromatic N) is 1. The fourth-order valence-corrected chi connectivity index (χ4v) is 1.66. The monoisotopic (exact) mass is 221 g/mol. The van der Waals surface area contributed by atoms with Gasteiger partial charge in [0.05, 0.1) is 7.11 Å². The lowest BCUT2D eigenvalue weighted by molar-refractivity contribution is 0.131. The molecule has 1 aromatic rings. The fourth-order valence-electron chi connectivity index (χ4n) is 1.66. The number of benzene rings is 1. The van der Waals surface area contributed by atoms with Gasteiger partial charge in [-0.1, -0.05) is 12.1 Å². The average molecular weight is 221 g/mol. The molecule has 0 atom stereocenters. The zero-order valence-corrected chi connectivity index (χ0v) is 10.6. The predicted octanol–water partition coefficient (Wildman–Crippen LogP) is 2.81. The molecule has 0 aromatic heterocycles. The summed E-state index contributed by atoms with van der Waals surface area (Å²) in [5, 5.41) is 0. The van der Waals surface area contributed by atoms with Crippen molar-refractivity contribution in [2.75, 3.05) is 14.2 Å². The zero-order valence-electron chi connectivity index (χ0n) is 10.6. The highest BCUT2D eigenvalue weighted by Crippen LogP contribution is 2.18. The largest absolute Gasteiger partial charge is 0.453 e. The third-order valence-electron chi connectivity index (χ3n) is 3.06. The van der Waals surface area contributed by atoms with E-state index in [1.165, 1.54) is 23.8 Å². The number of carbonyl (C=O) groups excluding carboxylic acids is 1. The topological polar surface area (TPSA) is 29.5 Å². The van der Waals surface area contributed by atoms with Crippen LogP contribution >= 0.6 is 0 Å². The lowest BCUT2D eigenvalue weighted by Crippen LogP contribution is -2.26. The molecule has 1 amide bonds. The summed E-state index contributed by atoms with van der Waals surface area (Å²) in [6.07, 6.45) is -0.308. The Bertz CT molecular complexity index is 399. The van der Waals surface area contributed by atoms with E-state index in [0.717, 1.165) is 5.56 Å². The first-order valence-corrected chi connectivity index (χ1v) is 5.32. The first-order chi connectivity index (χ1) is 7.47. The second-order valence-corrected chi connectivity index (χ2v) is 4.12. The maximum absolute atomic E-state index is 11.3. The van der Waals surface area contributed by atoms with Crippen molar-refractivity contribution in [3.63, 3.8) is 0 Å². The standard InChI is InChI=1S/C13H19NO2/c1-9-6-7-12(11(3)10(9)2)8-14(4)13(15)16-5/h6-7H,8H2,1-5H3. The van der Waals surface area contributed by atoms with Crippen molar-refractivity contribution in [2.45, 2.75) is 27.3 Å². The van der Waals surface area contributed by atoms with Gasteiger partial charge in [0.15, 0.2) is 0 Å². The second kappa shape index (κ2) is 5.01. The van der Waals surface area contributed by atoms with E-state index in [1.807, 2.05) is 0 Å². The molecule has 0 fully saturated rings. The highest BCUT2D eigenvalue weighted by molar-refractivity contribution is 5.67. The van der Waals surface area contributed by atoms with Crippen molar-refractivity contribution in [3.05, 3.63) is 34.4 Å². The van der Waals surface area contributed by atoms with Gasteiger partial charge in [-0.3, -0.25) is 0 Å². The minimum Gasteiger partial charge on any atom is -0.453 e. The molecular formula is C13H19NO2. The van der Waals surface area contributed by atoms with Crippen molar-refractivity contribution in [1.29, 1.82) is 0 Å². The van der Waals surface area contributed by atoms with E-state index in [4.69, 9.17) is 0 Å². The summed E-state index contributed by atoms with van der Waals surface area (Å²) in [5.74, 6) is 0. The van der Waals surface area contributed by atoms with Crippen LogP contribution in [0.1, 0.15) is 22.3 Å². The highest BCUT2D eigenvalue weighted by atomic mass is 16.5. The summed E-state index contributed by atoms with van der Waals surface area (Å²) in [4.78, 5) is 12.8. The van der Waals surface area contributed by atoms with E-state index >= 15 is 0 Å². The minimum absolute atomic E-state index is 0.308. The average Bonchev–Trinajstić information content (AvgIpc) is 2.28. The maximum atomic E-state index is 11.3. The molecule has 0 aliphatic rings. The van der Waals surface area contributed by atoms with Crippen LogP contribution in [0, 0.1) is 20.8 Å². The van der Waals surface area contributed by atoms with Crippen molar-refractivity contribution >= 4 is 6.09 Å². The molecule has 0 radical (unpaired) electrons. The SMILES string of the molecule is COC(=O)N(C)Cc1ccc(C)c(C)c1C. The number of amides is 1. The first-order valence-electron chi connectivity index (χ1n) is 5.32. The summed E-state index contributed by atoms with van der Waals surface area (Å²) in [6.45, 7) is 6.87. The van der Waals surface area contributed by atoms with Crippen LogP contribution in [0.3, 0.4) is 0 Å². The van der Waals surface area contributed by atoms with E-state index in [9.17, 15) is 4.79 Å². The van der Waals surface area contributed by atoms with Crippen molar-refractivity contribution in [1.82, 2.24) is 4.90 Å². The predicted molar refractivity (Wildman–Crippen MR) is 64.5 cm³/mol. The van der Waals surface area contributed by atoms with Gasteiger partial charge in [0.1, 0.15) is 0 Å². The Labute approximate surface area is 97.0 Å². The Morgan fingerprint density at radius 3 is 2.44 bits per heavy atom. The lowest BCUT2D eigenvalue weighted by atomic mass is 9.99. The molecule has 0 spiro atoms. The highest BCUT2D eigenvalue weighted by Gasteiger charge is 2.11. The zero-order chi connectivity index (χ0) is 12.3. The lowest BCUT2D eigenvalue weighted by Gasteiger charge is -2.18. The molecule has 0 saturated carbocycles. The smallest absolute Gasteiger partial charge is 0.409 e. The summed E-state index contributed by atoms with van der Waals surface area (Å²) in [6, 6.07) is 4.15. The van der Waals surface area contributed by atoms with E-state index in [1.54, 1.807) is 11.9 Å². The van der Waals surface area contributed by atoms with Gasteiger partial charge in [0.2, 0.25) is 0 Å². The first kappa shape index (κ1) is 12.6. The van der Waals surface area contributed by atoms with Crippen LogP contribution in [-0.2, 0) is 11.3 Å². The maximum Gasteiger partial charge on any atom is 0.409 e. The quantitative estimate of drug-likeness (QED) is 0.768. The molecule has 3 nitrogen and oxygen atoms in total. The molecule has 16 heavy (non-hydrogen) atoms. The van der Waals surface area contributed by atoms with Crippen molar-refractivity contribution in [3.8, 4) is 0 Å². The number of rotatable bonds is 2. The van der Waals surface area contributed by atoms with Crippen molar-refractivity contribution in [2.24, 2.45) is 0 Å². The summed E-state index contributed by atoms with van der Waals surface area (Å²) in [7, 11) is 3.13. The van der Waals surface area contributed by atoms with Gasteiger partial charge in [-0.25, -0.2) is 4.79 Å². The second-order valence-electron chi connectivity index (χ2n) is 4.12. The molecule has 1 aromatic carbocycles.